The number of hydrogen-bond donors (Lipinski definition) is 0. The Morgan fingerprint density at radius 3 is 2.08 bits per heavy atom. The van der Waals surface area contributed by atoms with Crippen LogP contribution in [-0.2, 0) is 0 Å². The molecule has 13 heavy (non-hydrogen) atoms. The Hall–Kier alpha value is 0. The van der Waals surface area contributed by atoms with Gasteiger partial charge in [-0.15, -0.1) is 0 Å². The molecule has 0 spiro atoms. The first-order valence-electron chi connectivity index (χ1n) is 6.06. The van der Waals surface area contributed by atoms with E-state index in [4.69, 9.17) is 0 Å². The van der Waals surface area contributed by atoms with E-state index in [1.165, 1.54) is 19.3 Å². The Labute approximate surface area is 84.1 Å². The van der Waals surface area contributed by atoms with Crippen molar-refractivity contribution in [3.63, 3.8) is 0 Å². The normalized spacial score (nSPS) is 31.8. The van der Waals surface area contributed by atoms with Crippen LogP contribution in [0.2, 0.25) is 0 Å². The fourth-order valence-electron chi connectivity index (χ4n) is 2.99. The maximum Gasteiger partial charge on any atom is -0.0355 e. The van der Waals surface area contributed by atoms with E-state index in [1.807, 2.05) is 0 Å². The first-order valence-corrected chi connectivity index (χ1v) is 6.06. The molecule has 0 saturated heterocycles. The van der Waals surface area contributed by atoms with Gasteiger partial charge in [0.25, 0.3) is 0 Å². The van der Waals surface area contributed by atoms with E-state index in [9.17, 15) is 0 Å². The van der Waals surface area contributed by atoms with Gasteiger partial charge < -0.3 is 0 Å². The van der Waals surface area contributed by atoms with Crippen LogP contribution in [-0.4, -0.2) is 0 Å². The maximum atomic E-state index is 2.46. The molecular weight excluding hydrogens is 156 g/mol. The summed E-state index contributed by atoms with van der Waals surface area (Å²) in [6, 6.07) is 0. The molecule has 0 aromatic heterocycles. The molecule has 4 atom stereocenters. The van der Waals surface area contributed by atoms with Crippen LogP contribution in [0.5, 0.6) is 0 Å². The van der Waals surface area contributed by atoms with Crippen molar-refractivity contribution in [2.24, 2.45) is 29.6 Å². The number of hydrogen-bond acceptors (Lipinski definition) is 0. The minimum atomic E-state index is 0.873. The van der Waals surface area contributed by atoms with Crippen LogP contribution in [0.15, 0.2) is 0 Å². The molecule has 4 unspecified atom stereocenters. The van der Waals surface area contributed by atoms with E-state index in [0.29, 0.717) is 0 Å². The SMILES string of the molecule is CCC(C(C)CC(C)C)C1CC1C. The molecule has 1 aliphatic rings. The minimum absolute atomic E-state index is 0.873. The Kier molecular flexibility index (Phi) is 3.82. The molecule has 0 aromatic rings. The molecule has 0 bridgehead atoms. The number of rotatable bonds is 5. The molecule has 1 aliphatic carbocycles. The van der Waals surface area contributed by atoms with E-state index in [2.05, 4.69) is 34.6 Å². The summed E-state index contributed by atoms with van der Waals surface area (Å²) in [5.74, 6) is 4.92. The van der Waals surface area contributed by atoms with Gasteiger partial charge in [0.15, 0.2) is 0 Å². The second kappa shape index (κ2) is 4.48. The Morgan fingerprint density at radius 2 is 1.77 bits per heavy atom. The van der Waals surface area contributed by atoms with Gasteiger partial charge >= 0.3 is 0 Å². The lowest BCUT2D eigenvalue weighted by molar-refractivity contribution is 0.258. The summed E-state index contributed by atoms with van der Waals surface area (Å²) in [6.45, 7) is 11.9. The van der Waals surface area contributed by atoms with Crippen molar-refractivity contribution in [1.82, 2.24) is 0 Å². The van der Waals surface area contributed by atoms with Crippen LogP contribution in [0.25, 0.3) is 0 Å². The fourth-order valence-corrected chi connectivity index (χ4v) is 2.99. The van der Waals surface area contributed by atoms with Crippen molar-refractivity contribution >= 4 is 0 Å². The average Bonchev–Trinajstić information content (AvgIpc) is 2.67. The van der Waals surface area contributed by atoms with Crippen molar-refractivity contribution in [2.75, 3.05) is 0 Å². The maximum absolute atomic E-state index is 2.46. The van der Waals surface area contributed by atoms with E-state index < -0.39 is 0 Å². The summed E-state index contributed by atoms with van der Waals surface area (Å²) in [5, 5.41) is 0. The second-order valence-electron chi connectivity index (χ2n) is 5.56. The predicted octanol–water partition coefficient (Wildman–Crippen LogP) is 4.35. The van der Waals surface area contributed by atoms with Crippen LogP contribution >= 0.6 is 0 Å². The van der Waals surface area contributed by atoms with Crippen LogP contribution < -0.4 is 0 Å². The van der Waals surface area contributed by atoms with Gasteiger partial charge in [-0.05, 0) is 42.4 Å². The first kappa shape index (κ1) is 11.1. The van der Waals surface area contributed by atoms with Crippen molar-refractivity contribution in [3.05, 3.63) is 0 Å². The summed E-state index contributed by atoms with van der Waals surface area (Å²) in [7, 11) is 0. The molecule has 1 saturated carbocycles. The van der Waals surface area contributed by atoms with Gasteiger partial charge in [-0.1, -0.05) is 41.0 Å². The largest absolute Gasteiger partial charge is 0.0651 e. The van der Waals surface area contributed by atoms with Gasteiger partial charge in [0.2, 0.25) is 0 Å². The van der Waals surface area contributed by atoms with Gasteiger partial charge in [-0.2, -0.15) is 0 Å². The molecule has 0 heteroatoms. The molecule has 0 heterocycles. The van der Waals surface area contributed by atoms with E-state index in [1.54, 1.807) is 0 Å². The Bertz CT molecular complexity index is 148. The van der Waals surface area contributed by atoms with Crippen molar-refractivity contribution in [3.8, 4) is 0 Å². The summed E-state index contributed by atoms with van der Waals surface area (Å²) >= 11 is 0. The third-order valence-corrected chi connectivity index (χ3v) is 3.77. The van der Waals surface area contributed by atoms with Gasteiger partial charge in [0, 0.05) is 0 Å². The Morgan fingerprint density at radius 1 is 1.23 bits per heavy atom. The molecule has 0 N–H and O–H groups in total. The van der Waals surface area contributed by atoms with Gasteiger partial charge in [-0.25, -0.2) is 0 Å². The molecule has 0 aromatic carbocycles. The smallest absolute Gasteiger partial charge is 0.0355 e. The summed E-state index contributed by atoms with van der Waals surface area (Å²) in [6.07, 6.45) is 4.31. The summed E-state index contributed by atoms with van der Waals surface area (Å²) in [4.78, 5) is 0. The van der Waals surface area contributed by atoms with Crippen LogP contribution in [0.1, 0.15) is 53.9 Å². The monoisotopic (exact) mass is 182 g/mol. The van der Waals surface area contributed by atoms with Crippen molar-refractivity contribution in [2.45, 2.75) is 53.9 Å². The molecule has 0 amide bonds. The second-order valence-corrected chi connectivity index (χ2v) is 5.56. The van der Waals surface area contributed by atoms with Gasteiger partial charge in [0.1, 0.15) is 0 Å². The highest BCUT2D eigenvalue weighted by molar-refractivity contribution is 4.89. The zero-order chi connectivity index (χ0) is 10.0. The topological polar surface area (TPSA) is 0 Å². The first-order chi connectivity index (χ1) is 6.06. The molecule has 78 valence electrons. The lowest BCUT2D eigenvalue weighted by Gasteiger charge is -2.24. The molecular formula is C13H26. The van der Waals surface area contributed by atoms with Crippen LogP contribution in [0.3, 0.4) is 0 Å². The fraction of sp³-hybridized carbons (Fsp3) is 1.00. The molecule has 0 radical (unpaired) electrons. The van der Waals surface area contributed by atoms with E-state index in [-0.39, 0.29) is 0 Å². The molecule has 0 nitrogen and oxygen atoms in total. The molecule has 1 fully saturated rings. The third-order valence-electron chi connectivity index (χ3n) is 3.77. The van der Waals surface area contributed by atoms with Crippen molar-refractivity contribution in [1.29, 1.82) is 0 Å². The lowest BCUT2D eigenvalue weighted by atomic mass is 9.81. The highest BCUT2D eigenvalue weighted by Crippen LogP contribution is 2.48. The highest BCUT2D eigenvalue weighted by atomic mass is 14.5. The average molecular weight is 182 g/mol. The van der Waals surface area contributed by atoms with E-state index >= 15 is 0 Å². The zero-order valence-electron chi connectivity index (χ0n) is 10.0. The van der Waals surface area contributed by atoms with Crippen molar-refractivity contribution < 1.29 is 0 Å². The van der Waals surface area contributed by atoms with E-state index in [0.717, 1.165) is 29.6 Å². The van der Waals surface area contributed by atoms with Gasteiger partial charge in [0.05, 0.1) is 0 Å². The Balaban J connectivity index is 2.37. The van der Waals surface area contributed by atoms with Crippen LogP contribution in [0.4, 0.5) is 0 Å². The summed E-state index contributed by atoms with van der Waals surface area (Å²) < 4.78 is 0. The lowest BCUT2D eigenvalue weighted by Crippen LogP contribution is -2.15. The minimum Gasteiger partial charge on any atom is -0.0651 e. The third kappa shape index (κ3) is 3.00. The van der Waals surface area contributed by atoms with Crippen LogP contribution in [0, 0.1) is 29.6 Å². The quantitative estimate of drug-likeness (QED) is 0.593. The molecule has 0 aliphatic heterocycles. The summed E-state index contributed by atoms with van der Waals surface area (Å²) in [5.41, 5.74) is 0. The standard InChI is InChI=1S/C13H26/c1-6-12(13-8-11(13)5)10(4)7-9(2)3/h9-13H,6-8H2,1-5H3. The zero-order valence-corrected chi connectivity index (χ0v) is 10.0. The molecule has 1 rings (SSSR count). The highest BCUT2D eigenvalue weighted by Gasteiger charge is 2.40. The predicted molar refractivity (Wildman–Crippen MR) is 59.7 cm³/mol. The van der Waals surface area contributed by atoms with Gasteiger partial charge in [-0.3, -0.25) is 0 Å².